The predicted molar refractivity (Wildman–Crippen MR) is 152 cm³/mol. The number of carbonyl (C=O) groups is 2. The Morgan fingerprint density at radius 3 is 2.50 bits per heavy atom. The van der Waals surface area contributed by atoms with Gasteiger partial charge in [0.1, 0.15) is 16.8 Å². The van der Waals surface area contributed by atoms with E-state index < -0.39 is 34.3 Å². The molecule has 42 heavy (non-hydrogen) atoms. The number of fused-ring (bicyclic) bond motifs is 2. The van der Waals surface area contributed by atoms with E-state index in [0.717, 1.165) is 0 Å². The van der Waals surface area contributed by atoms with E-state index in [1.807, 2.05) is 0 Å². The number of anilines is 1. The number of amides is 1. The molecule has 7 bridgehead atoms. The molecule has 5 saturated carbocycles. The Balaban J connectivity index is 1.38. The van der Waals surface area contributed by atoms with Crippen LogP contribution in [0.15, 0.2) is 24.3 Å². The van der Waals surface area contributed by atoms with Gasteiger partial charge in [0, 0.05) is 76.3 Å². The van der Waals surface area contributed by atoms with Crippen LogP contribution in [-0.4, -0.2) is 103 Å². The first-order valence-corrected chi connectivity index (χ1v) is 15.4. The van der Waals surface area contributed by atoms with Gasteiger partial charge in [-0.3, -0.25) is 9.69 Å². The Hall–Kier alpha value is -2.08. The molecule has 7 rings (SSSR count). The van der Waals surface area contributed by atoms with Crippen molar-refractivity contribution in [3.8, 4) is 0 Å². The van der Waals surface area contributed by atoms with E-state index in [4.69, 9.17) is 18.9 Å². The van der Waals surface area contributed by atoms with Gasteiger partial charge < -0.3 is 34.5 Å². The number of ether oxygens (including phenoxy) is 4. The summed E-state index contributed by atoms with van der Waals surface area (Å²) >= 11 is 0. The maximum atomic E-state index is 14.0. The number of likely N-dealkylation sites (tertiary alicyclic amines) is 1. The predicted octanol–water partition coefficient (Wildman–Crippen LogP) is 2.22. The van der Waals surface area contributed by atoms with Crippen molar-refractivity contribution in [1.82, 2.24) is 4.90 Å². The summed E-state index contributed by atoms with van der Waals surface area (Å²) in [6, 6.07) is 6.89. The van der Waals surface area contributed by atoms with Crippen molar-refractivity contribution in [3.63, 3.8) is 0 Å². The number of hydrogen-bond acceptors (Lipinski definition) is 9. The van der Waals surface area contributed by atoms with Crippen LogP contribution in [0.5, 0.6) is 0 Å². The molecule has 2 unspecified atom stereocenters. The zero-order chi connectivity index (χ0) is 29.8. The number of esters is 1. The molecular weight excluding hydrogens is 540 g/mol. The van der Waals surface area contributed by atoms with Crippen LogP contribution in [-0.2, 0) is 23.7 Å². The number of methoxy groups -OCH3 is 3. The number of para-hydroxylation sites is 1. The smallest absolute Gasteiger partial charge is 0.340 e. The third kappa shape index (κ3) is 3.21. The summed E-state index contributed by atoms with van der Waals surface area (Å²) in [6.45, 7) is 4.79. The van der Waals surface area contributed by atoms with Gasteiger partial charge in [-0.25, -0.2) is 4.79 Å². The highest BCUT2D eigenvalue weighted by atomic mass is 16.6. The summed E-state index contributed by atoms with van der Waals surface area (Å²) in [5, 5.41) is 28.4. The van der Waals surface area contributed by atoms with E-state index in [-0.39, 0.29) is 47.8 Å². The molecule has 1 aliphatic heterocycles. The molecule has 3 N–H and O–H groups in total. The number of nitrogens with zero attached hydrogens (tertiary/aromatic N) is 1. The zero-order valence-corrected chi connectivity index (χ0v) is 25.2. The van der Waals surface area contributed by atoms with Crippen LogP contribution in [0.4, 0.5) is 5.69 Å². The first-order chi connectivity index (χ1) is 20.1. The highest BCUT2D eigenvalue weighted by Crippen LogP contribution is 2.79. The first-order valence-electron chi connectivity index (χ1n) is 15.4. The van der Waals surface area contributed by atoms with Gasteiger partial charge >= 0.3 is 5.97 Å². The van der Waals surface area contributed by atoms with Crippen LogP contribution < -0.4 is 5.32 Å². The molecule has 5 aliphatic carbocycles. The SMILES string of the molecule is CCN1C[C@]2(OC(=O)c3ccccc3NC(C)=O)CC[C@H](OC)[C@]34C1C(C[C@H]23)[C@@]1(O)C[C@H](OC)[C@@H]2C[C@@H]4[C@]1(O)[C@H]2OC. The van der Waals surface area contributed by atoms with Crippen molar-refractivity contribution in [2.45, 2.75) is 87.1 Å². The number of piperidine rings is 1. The minimum Gasteiger partial charge on any atom is -0.454 e. The van der Waals surface area contributed by atoms with Crippen LogP contribution >= 0.6 is 0 Å². The van der Waals surface area contributed by atoms with E-state index in [0.29, 0.717) is 56.4 Å². The second kappa shape index (κ2) is 9.46. The molecule has 10 nitrogen and oxygen atoms in total. The number of carbonyl (C=O) groups excluding carboxylic acids is 2. The summed E-state index contributed by atoms with van der Waals surface area (Å²) in [4.78, 5) is 28.3. The Morgan fingerprint density at radius 1 is 1.07 bits per heavy atom. The molecule has 10 heteroatoms. The molecule has 0 aromatic heterocycles. The van der Waals surface area contributed by atoms with E-state index in [9.17, 15) is 19.8 Å². The molecule has 230 valence electrons. The van der Waals surface area contributed by atoms with Crippen LogP contribution in [0.3, 0.4) is 0 Å². The van der Waals surface area contributed by atoms with E-state index >= 15 is 0 Å². The quantitative estimate of drug-likeness (QED) is 0.414. The molecule has 1 aromatic rings. The number of aliphatic hydroxyl groups is 2. The topological polar surface area (TPSA) is 127 Å². The van der Waals surface area contributed by atoms with E-state index in [2.05, 4.69) is 17.1 Å². The van der Waals surface area contributed by atoms with Gasteiger partial charge in [-0.1, -0.05) is 19.1 Å². The molecule has 1 spiro atoms. The second-order valence-electron chi connectivity index (χ2n) is 13.7. The van der Waals surface area contributed by atoms with E-state index in [1.165, 1.54) is 6.92 Å². The Labute approximate surface area is 247 Å². The van der Waals surface area contributed by atoms with Crippen molar-refractivity contribution in [2.75, 3.05) is 39.7 Å². The molecule has 1 heterocycles. The lowest BCUT2D eigenvalue weighted by Gasteiger charge is -2.70. The molecule has 12 atom stereocenters. The fourth-order valence-electron chi connectivity index (χ4n) is 11.6. The Morgan fingerprint density at radius 2 is 1.83 bits per heavy atom. The molecule has 6 fully saturated rings. The third-order valence-electron chi connectivity index (χ3n) is 12.6. The van der Waals surface area contributed by atoms with Crippen LogP contribution in [0.2, 0.25) is 0 Å². The highest BCUT2D eigenvalue weighted by molar-refractivity contribution is 6.00. The summed E-state index contributed by atoms with van der Waals surface area (Å²) in [6.07, 6.45) is 1.91. The van der Waals surface area contributed by atoms with Crippen molar-refractivity contribution < 1.29 is 38.7 Å². The summed E-state index contributed by atoms with van der Waals surface area (Å²) in [7, 11) is 5.05. The number of hydrogen-bond donors (Lipinski definition) is 3. The molecule has 1 amide bonds. The average molecular weight is 585 g/mol. The first kappa shape index (κ1) is 28.7. The average Bonchev–Trinajstić information content (AvgIpc) is 3.39. The minimum atomic E-state index is -1.48. The standard InChI is InChI=1S/C32H44N2O8/c1-6-34-16-29(42-28(36)18-9-7-8-10-21(18)33-17(2)35)12-11-25(40-4)31-23(29)14-20(26(31)34)30(37)15-22(39-3)19-13-24(31)32(30,38)27(19)41-5/h7-10,19-20,22-27,37-38H,6,11-16H2,1-5H3,(H,33,35)/t19-,20?,22-,23+,24-,25-,26?,27-,29+,30-,31-,32-/m0/s1. The third-order valence-corrected chi connectivity index (χ3v) is 12.6. The van der Waals surface area contributed by atoms with Crippen LogP contribution in [0.25, 0.3) is 0 Å². The molecule has 1 saturated heterocycles. The summed E-state index contributed by atoms with van der Waals surface area (Å²) in [5.74, 6) is -1.54. The van der Waals surface area contributed by atoms with Gasteiger partial charge in [0.2, 0.25) is 5.91 Å². The van der Waals surface area contributed by atoms with Crippen molar-refractivity contribution in [1.29, 1.82) is 0 Å². The monoisotopic (exact) mass is 584 g/mol. The number of nitrogens with one attached hydrogen (secondary N) is 1. The molecule has 0 radical (unpaired) electrons. The maximum Gasteiger partial charge on any atom is 0.340 e. The molecular formula is C32H44N2O8. The van der Waals surface area contributed by atoms with Crippen molar-refractivity contribution in [3.05, 3.63) is 29.8 Å². The summed E-state index contributed by atoms with van der Waals surface area (Å²) < 4.78 is 25.1. The normalized spacial score (nSPS) is 48.2. The van der Waals surface area contributed by atoms with Gasteiger partial charge in [-0.05, 0) is 44.4 Å². The van der Waals surface area contributed by atoms with Crippen molar-refractivity contribution in [2.24, 2.45) is 29.1 Å². The molecule has 6 aliphatic rings. The lowest BCUT2D eigenvalue weighted by atomic mass is 9.44. The number of likely N-dealkylation sites (N-methyl/N-ethyl adjacent to an activating group) is 1. The second-order valence-corrected chi connectivity index (χ2v) is 13.7. The highest BCUT2D eigenvalue weighted by Gasteiger charge is 2.89. The maximum absolute atomic E-state index is 14.0. The van der Waals surface area contributed by atoms with Gasteiger partial charge in [-0.2, -0.15) is 0 Å². The largest absolute Gasteiger partial charge is 0.454 e. The van der Waals surface area contributed by atoms with Gasteiger partial charge in [0.15, 0.2) is 0 Å². The van der Waals surface area contributed by atoms with Gasteiger partial charge in [0.05, 0.1) is 29.6 Å². The Bertz CT molecular complexity index is 1290. The summed E-state index contributed by atoms with van der Waals surface area (Å²) in [5.41, 5.74) is -3.57. The number of rotatable bonds is 7. The minimum absolute atomic E-state index is 0.0432. The van der Waals surface area contributed by atoms with E-state index in [1.54, 1.807) is 45.6 Å². The fraction of sp³-hybridized carbons (Fsp3) is 0.750. The van der Waals surface area contributed by atoms with Gasteiger partial charge in [0.25, 0.3) is 0 Å². The Kier molecular flexibility index (Phi) is 6.46. The van der Waals surface area contributed by atoms with Crippen LogP contribution in [0.1, 0.15) is 56.3 Å². The van der Waals surface area contributed by atoms with Gasteiger partial charge in [-0.15, -0.1) is 0 Å². The lowest BCUT2D eigenvalue weighted by Crippen LogP contribution is -2.83. The van der Waals surface area contributed by atoms with Crippen LogP contribution in [0, 0.1) is 29.1 Å². The van der Waals surface area contributed by atoms with Crippen molar-refractivity contribution >= 4 is 17.6 Å². The number of benzene rings is 1. The lowest BCUT2D eigenvalue weighted by molar-refractivity contribution is -0.337. The molecule has 1 aromatic carbocycles. The zero-order valence-electron chi connectivity index (χ0n) is 25.2. The fourth-order valence-corrected chi connectivity index (χ4v) is 11.6.